The van der Waals surface area contributed by atoms with Crippen LogP contribution in [0.1, 0.15) is 63.6 Å². The lowest BCUT2D eigenvalue weighted by Crippen LogP contribution is -2.34. The summed E-state index contributed by atoms with van der Waals surface area (Å²) < 4.78 is 0. The van der Waals surface area contributed by atoms with E-state index in [1.807, 2.05) is 0 Å². The van der Waals surface area contributed by atoms with Crippen molar-refractivity contribution >= 4 is 0 Å². The van der Waals surface area contributed by atoms with Crippen LogP contribution < -0.4 is 5.32 Å². The van der Waals surface area contributed by atoms with Gasteiger partial charge in [-0.05, 0) is 60.6 Å². The molecule has 1 aromatic carbocycles. The van der Waals surface area contributed by atoms with Gasteiger partial charge in [0.2, 0.25) is 0 Å². The molecule has 2 aliphatic carbocycles. The minimum absolute atomic E-state index is 0.344. The first-order valence-electron chi connectivity index (χ1n) is 7.91. The van der Waals surface area contributed by atoms with Crippen LogP contribution in [0.2, 0.25) is 0 Å². The van der Waals surface area contributed by atoms with E-state index in [1.54, 1.807) is 11.1 Å². The molecule has 2 atom stereocenters. The molecule has 2 unspecified atom stereocenters. The monoisotopic (exact) mass is 257 g/mol. The molecule has 1 nitrogen and oxygen atoms in total. The van der Waals surface area contributed by atoms with Gasteiger partial charge in [0.15, 0.2) is 0 Å². The van der Waals surface area contributed by atoms with Crippen molar-refractivity contribution in [1.82, 2.24) is 5.32 Å². The minimum Gasteiger partial charge on any atom is -0.310 e. The molecule has 2 aliphatic rings. The van der Waals surface area contributed by atoms with Gasteiger partial charge in [0.25, 0.3) is 0 Å². The number of benzene rings is 1. The predicted octanol–water partition coefficient (Wildman–Crippen LogP) is 4.43. The van der Waals surface area contributed by atoms with Crippen molar-refractivity contribution in [3.05, 3.63) is 35.4 Å². The Morgan fingerprint density at radius 3 is 2.68 bits per heavy atom. The quantitative estimate of drug-likeness (QED) is 0.841. The largest absolute Gasteiger partial charge is 0.310 e. The Labute approximate surface area is 117 Å². The molecule has 1 saturated carbocycles. The van der Waals surface area contributed by atoms with Gasteiger partial charge in [0.1, 0.15) is 0 Å². The summed E-state index contributed by atoms with van der Waals surface area (Å²) in [7, 11) is 0. The summed E-state index contributed by atoms with van der Waals surface area (Å²) in [5.74, 6) is 1.85. The van der Waals surface area contributed by atoms with E-state index in [0.29, 0.717) is 11.5 Å². The van der Waals surface area contributed by atoms with Crippen LogP contribution in [0.15, 0.2) is 24.3 Å². The zero-order valence-electron chi connectivity index (χ0n) is 12.6. The molecule has 1 fully saturated rings. The third-order valence-electron chi connectivity index (χ3n) is 5.24. The van der Waals surface area contributed by atoms with E-state index in [-0.39, 0.29) is 0 Å². The van der Waals surface area contributed by atoms with E-state index in [4.69, 9.17) is 0 Å². The molecule has 1 N–H and O–H groups in total. The fourth-order valence-electron chi connectivity index (χ4n) is 3.58. The number of nitrogens with one attached hydrogen (secondary N) is 1. The Bertz CT molecular complexity index is 445. The summed E-state index contributed by atoms with van der Waals surface area (Å²) in [5, 5.41) is 3.84. The third kappa shape index (κ3) is 2.72. The first-order valence-corrected chi connectivity index (χ1v) is 7.91. The Morgan fingerprint density at radius 2 is 1.95 bits per heavy atom. The van der Waals surface area contributed by atoms with Gasteiger partial charge in [-0.1, -0.05) is 45.0 Å². The molecule has 0 saturated heterocycles. The molecular weight excluding hydrogens is 230 g/mol. The molecule has 3 rings (SSSR count). The predicted molar refractivity (Wildman–Crippen MR) is 81.3 cm³/mol. The fraction of sp³-hybridized carbons (Fsp3) is 0.667. The maximum absolute atomic E-state index is 3.84. The van der Waals surface area contributed by atoms with Crippen LogP contribution in [0, 0.1) is 11.8 Å². The highest BCUT2D eigenvalue weighted by molar-refractivity contribution is 5.38. The summed E-state index contributed by atoms with van der Waals surface area (Å²) in [6, 6.07) is 9.61. The third-order valence-corrected chi connectivity index (χ3v) is 5.24. The molecule has 0 aliphatic heterocycles. The van der Waals surface area contributed by atoms with Crippen molar-refractivity contribution in [2.75, 3.05) is 6.54 Å². The van der Waals surface area contributed by atoms with Gasteiger partial charge in [-0.15, -0.1) is 0 Å². The average Bonchev–Trinajstić information content (AvgIpc) is 3.22. The van der Waals surface area contributed by atoms with Crippen molar-refractivity contribution in [1.29, 1.82) is 0 Å². The molecule has 19 heavy (non-hydrogen) atoms. The Balaban J connectivity index is 1.72. The van der Waals surface area contributed by atoms with E-state index in [9.17, 15) is 0 Å². The van der Waals surface area contributed by atoms with Crippen LogP contribution in [0.5, 0.6) is 0 Å². The van der Waals surface area contributed by atoms with Crippen molar-refractivity contribution in [3.63, 3.8) is 0 Å². The molecule has 0 aromatic heterocycles. The number of rotatable bonds is 4. The van der Waals surface area contributed by atoms with Crippen molar-refractivity contribution in [2.24, 2.45) is 11.8 Å². The highest BCUT2D eigenvalue weighted by atomic mass is 14.9. The first kappa shape index (κ1) is 13.2. The van der Waals surface area contributed by atoms with E-state index >= 15 is 0 Å². The SMILES string of the molecule is CC(CNC1CCC(C)(C)c2ccccc21)C1CC1. The summed E-state index contributed by atoms with van der Waals surface area (Å²) in [4.78, 5) is 0. The van der Waals surface area contributed by atoms with Crippen LogP contribution in [0.4, 0.5) is 0 Å². The smallest absolute Gasteiger partial charge is 0.0323 e. The van der Waals surface area contributed by atoms with Crippen LogP contribution >= 0.6 is 0 Å². The Kier molecular flexibility index (Phi) is 3.42. The summed E-state index contributed by atoms with van der Waals surface area (Å²) in [6.45, 7) is 8.36. The molecule has 0 bridgehead atoms. The Morgan fingerprint density at radius 1 is 1.21 bits per heavy atom. The zero-order chi connectivity index (χ0) is 13.5. The van der Waals surface area contributed by atoms with Gasteiger partial charge in [-0.25, -0.2) is 0 Å². The maximum atomic E-state index is 3.84. The summed E-state index contributed by atoms with van der Waals surface area (Å²) in [5.41, 5.74) is 3.44. The molecular formula is C18H27N. The molecule has 0 spiro atoms. The molecule has 1 heteroatoms. The Hall–Kier alpha value is -0.820. The first-order chi connectivity index (χ1) is 9.08. The van der Waals surface area contributed by atoms with E-state index in [0.717, 1.165) is 11.8 Å². The molecule has 0 radical (unpaired) electrons. The van der Waals surface area contributed by atoms with Gasteiger partial charge in [0.05, 0.1) is 0 Å². The lowest BCUT2D eigenvalue weighted by atomic mass is 9.71. The second-order valence-corrected chi connectivity index (χ2v) is 7.29. The van der Waals surface area contributed by atoms with Crippen LogP contribution in [-0.4, -0.2) is 6.54 Å². The van der Waals surface area contributed by atoms with Crippen LogP contribution in [0.25, 0.3) is 0 Å². The second kappa shape index (κ2) is 4.94. The average molecular weight is 257 g/mol. The fourth-order valence-corrected chi connectivity index (χ4v) is 3.58. The van der Waals surface area contributed by atoms with Crippen molar-refractivity contribution in [3.8, 4) is 0 Å². The number of hydrogen-bond donors (Lipinski definition) is 1. The zero-order valence-corrected chi connectivity index (χ0v) is 12.6. The standard InChI is InChI=1S/C18H27N/c1-13(14-8-9-14)12-19-17-10-11-18(2,3)16-7-5-4-6-15(16)17/h4-7,13-14,17,19H,8-12H2,1-3H3. The summed E-state index contributed by atoms with van der Waals surface area (Å²) >= 11 is 0. The highest BCUT2D eigenvalue weighted by Gasteiger charge is 2.33. The van der Waals surface area contributed by atoms with Gasteiger partial charge in [-0.2, -0.15) is 0 Å². The van der Waals surface area contributed by atoms with Crippen LogP contribution in [0.3, 0.4) is 0 Å². The van der Waals surface area contributed by atoms with E-state index in [1.165, 1.54) is 32.2 Å². The molecule has 0 heterocycles. The number of hydrogen-bond acceptors (Lipinski definition) is 1. The van der Waals surface area contributed by atoms with E-state index in [2.05, 4.69) is 50.4 Å². The molecule has 104 valence electrons. The van der Waals surface area contributed by atoms with Gasteiger partial charge in [0, 0.05) is 6.04 Å². The second-order valence-electron chi connectivity index (χ2n) is 7.29. The van der Waals surface area contributed by atoms with Gasteiger partial charge >= 0.3 is 0 Å². The minimum atomic E-state index is 0.344. The normalized spacial score (nSPS) is 26.8. The lowest BCUT2D eigenvalue weighted by molar-refractivity contribution is 0.337. The van der Waals surface area contributed by atoms with Gasteiger partial charge in [-0.3, -0.25) is 0 Å². The van der Waals surface area contributed by atoms with Gasteiger partial charge < -0.3 is 5.32 Å². The maximum Gasteiger partial charge on any atom is 0.0323 e. The van der Waals surface area contributed by atoms with Crippen molar-refractivity contribution < 1.29 is 0 Å². The molecule has 1 aromatic rings. The number of fused-ring (bicyclic) bond motifs is 1. The highest BCUT2D eigenvalue weighted by Crippen LogP contribution is 2.42. The van der Waals surface area contributed by atoms with Crippen LogP contribution in [-0.2, 0) is 5.41 Å². The van der Waals surface area contributed by atoms with E-state index < -0.39 is 0 Å². The van der Waals surface area contributed by atoms with Crippen molar-refractivity contribution in [2.45, 2.75) is 57.9 Å². The molecule has 0 amide bonds. The topological polar surface area (TPSA) is 12.0 Å². The lowest BCUT2D eigenvalue weighted by Gasteiger charge is -2.38. The summed E-state index contributed by atoms with van der Waals surface area (Å²) in [6.07, 6.45) is 5.48.